The number of benzene rings is 1. The van der Waals surface area contributed by atoms with Gasteiger partial charge in [-0.25, -0.2) is 0 Å². The SMILES string of the molecule is CCCC(CCC)COCc1ccc(NC)cc1. The number of hydrogen-bond acceptors (Lipinski definition) is 2. The van der Waals surface area contributed by atoms with E-state index in [-0.39, 0.29) is 0 Å². The average molecular weight is 249 g/mol. The lowest BCUT2D eigenvalue weighted by Crippen LogP contribution is -2.09. The van der Waals surface area contributed by atoms with Gasteiger partial charge in [-0.15, -0.1) is 0 Å². The molecule has 2 heteroatoms. The van der Waals surface area contributed by atoms with Gasteiger partial charge >= 0.3 is 0 Å². The molecule has 0 amide bonds. The maximum absolute atomic E-state index is 5.84. The van der Waals surface area contributed by atoms with Crippen molar-refractivity contribution in [2.75, 3.05) is 19.0 Å². The predicted molar refractivity (Wildman–Crippen MR) is 79.0 cm³/mol. The molecule has 1 rings (SSSR count). The second-order valence-electron chi connectivity index (χ2n) is 4.91. The molecular weight excluding hydrogens is 222 g/mol. The number of hydrogen-bond donors (Lipinski definition) is 1. The molecule has 0 aliphatic heterocycles. The molecule has 0 radical (unpaired) electrons. The van der Waals surface area contributed by atoms with Crippen molar-refractivity contribution in [1.29, 1.82) is 0 Å². The normalized spacial score (nSPS) is 10.9. The van der Waals surface area contributed by atoms with Gasteiger partial charge in [0.1, 0.15) is 0 Å². The van der Waals surface area contributed by atoms with Crippen LogP contribution in [0.5, 0.6) is 0 Å². The third-order valence-corrected chi connectivity index (χ3v) is 3.26. The summed E-state index contributed by atoms with van der Waals surface area (Å²) in [6.07, 6.45) is 5.08. The highest BCUT2D eigenvalue weighted by Gasteiger charge is 2.06. The second kappa shape index (κ2) is 8.98. The lowest BCUT2D eigenvalue weighted by molar-refractivity contribution is 0.0806. The van der Waals surface area contributed by atoms with Crippen LogP contribution in [0.2, 0.25) is 0 Å². The fourth-order valence-corrected chi connectivity index (χ4v) is 2.24. The molecule has 1 aromatic carbocycles. The van der Waals surface area contributed by atoms with Crippen LogP contribution in [-0.2, 0) is 11.3 Å². The first-order valence-electron chi connectivity index (χ1n) is 7.14. The van der Waals surface area contributed by atoms with Crippen LogP contribution >= 0.6 is 0 Å². The first-order valence-corrected chi connectivity index (χ1v) is 7.14. The highest BCUT2D eigenvalue weighted by atomic mass is 16.5. The molecule has 0 spiro atoms. The quantitative estimate of drug-likeness (QED) is 0.697. The zero-order chi connectivity index (χ0) is 13.2. The largest absolute Gasteiger partial charge is 0.388 e. The maximum atomic E-state index is 5.84. The van der Waals surface area contributed by atoms with Gasteiger partial charge in [0.15, 0.2) is 0 Å². The number of nitrogens with one attached hydrogen (secondary N) is 1. The molecule has 0 bridgehead atoms. The monoisotopic (exact) mass is 249 g/mol. The molecule has 0 unspecified atom stereocenters. The Morgan fingerprint density at radius 1 is 1.06 bits per heavy atom. The Balaban J connectivity index is 2.30. The van der Waals surface area contributed by atoms with Crippen molar-refractivity contribution >= 4 is 5.69 Å². The van der Waals surface area contributed by atoms with Crippen LogP contribution in [0.15, 0.2) is 24.3 Å². The minimum absolute atomic E-state index is 0.730. The summed E-state index contributed by atoms with van der Waals surface area (Å²) in [5.74, 6) is 0.733. The third kappa shape index (κ3) is 5.54. The van der Waals surface area contributed by atoms with E-state index >= 15 is 0 Å². The molecule has 0 saturated carbocycles. The lowest BCUT2D eigenvalue weighted by Gasteiger charge is -2.15. The number of ether oxygens (including phenoxy) is 1. The molecule has 1 N–H and O–H groups in total. The molecular formula is C16H27NO. The van der Waals surface area contributed by atoms with Crippen LogP contribution in [0, 0.1) is 5.92 Å². The van der Waals surface area contributed by atoms with Crippen molar-refractivity contribution in [2.45, 2.75) is 46.1 Å². The Morgan fingerprint density at radius 2 is 1.67 bits per heavy atom. The number of rotatable bonds is 9. The van der Waals surface area contributed by atoms with Crippen LogP contribution in [-0.4, -0.2) is 13.7 Å². The van der Waals surface area contributed by atoms with E-state index in [0.29, 0.717) is 0 Å². The summed E-state index contributed by atoms with van der Waals surface area (Å²) in [5.41, 5.74) is 2.40. The third-order valence-electron chi connectivity index (χ3n) is 3.26. The van der Waals surface area contributed by atoms with Gasteiger partial charge in [-0.3, -0.25) is 0 Å². The molecule has 102 valence electrons. The van der Waals surface area contributed by atoms with E-state index in [4.69, 9.17) is 4.74 Å². The Bertz CT molecular complexity index is 301. The molecule has 0 aliphatic carbocycles. The van der Waals surface area contributed by atoms with Crippen molar-refractivity contribution in [3.8, 4) is 0 Å². The van der Waals surface area contributed by atoms with E-state index in [9.17, 15) is 0 Å². The van der Waals surface area contributed by atoms with E-state index < -0.39 is 0 Å². The lowest BCUT2D eigenvalue weighted by atomic mass is 9.99. The Hall–Kier alpha value is -1.02. The van der Waals surface area contributed by atoms with Crippen LogP contribution in [0.3, 0.4) is 0 Å². The summed E-state index contributed by atoms with van der Waals surface area (Å²) in [5, 5.41) is 3.12. The summed E-state index contributed by atoms with van der Waals surface area (Å²) in [4.78, 5) is 0. The highest BCUT2D eigenvalue weighted by Crippen LogP contribution is 2.15. The Labute approximate surface area is 112 Å². The van der Waals surface area contributed by atoms with Crippen molar-refractivity contribution in [3.05, 3.63) is 29.8 Å². The average Bonchev–Trinajstić information content (AvgIpc) is 2.40. The van der Waals surface area contributed by atoms with Crippen LogP contribution in [0.4, 0.5) is 5.69 Å². The Morgan fingerprint density at radius 3 is 2.17 bits per heavy atom. The molecule has 18 heavy (non-hydrogen) atoms. The smallest absolute Gasteiger partial charge is 0.0717 e. The van der Waals surface area contributed by atoms with Gasteiger partial charge in [0.2, 0.25) is 0 Å². The van der Waals surface area contributed by atoms with E-state index in [1.165, 1.54) is 31.2 Å². The zero-order valence-corrected chi connectivity index (χ0v) is 12.0. The highest BCUT2D eigenvalue weighted by molar-refractivity contribution is 5.43. The standard InChI is InChI=1S/C16H27NO/c1-4-6-14(7-5-2)12-18-13-15-8-10-16(17-3)11-9-15/h8-11,14,17H,4-7,12-13H2,1-3H3. The maximum Gasteiger partial charge on any atom is 0.0717 e. The van der Waals surface area contributed by atoms with Gasteiger partial charge in [0.05, 0.1) is 6.61 Å². The van der Waals surface area contributed by atoms with E-state index in [1.54, 1.807) is 0 Å². The van der Waals surface area contributed by atoms with Gasteiger partial charge in [-0.1, -0.05) is 38.8 Å². The summed E-state index contributed by atoms with van der Waals surface area (Å²) in [6.45, 7) is 6.13. The molecule has 0 aliphatic rings. The molecule has 0 aromatic heterocycles. The fraction of sp³-hybridized carbons (Fsp3) is 0.625. The summed E-state index contributed by atoms with van der Waals surface area (Å²) >= 11 is 0. The molecule has 0 atom stereocenters. The van der Waals surface area contributed by atoms with Crippen molar-refractivity contribution in [2.24, 2.45) is 5.92 Å². The second-order valence-corrected chi connectivity index (χ2v) is 4.91. The van der Waals surface area contributed by atoms with Crippen LogP contribution in [0.25, 0.3) is 0 Å². The van der Waals surface area contributed by atoms with Gasteiger partial charge in [-0.2, -0.15) is 0 Å². The number of anilines is 1. The van der Waals surface area contributed by atoms with E-state index in [1.807, 2.05) is 7.05 Å². The van der Waals surface area contributed by atoms with Gasteiger partial charge in [0, 0.05) is 19.3 Å². The molecule has 0 heterocycles. The minimum Gasteiger partial charge on any atom is -0.388 e. The van der Waals surface area contributed by atoms with Crippen molar-refractivity contribution in [1.82, 2.24) is 0 Å². The first kappa shape index (κ1) is 15.0. The topological polar surface area (TPSA) is 21.3 Å². The summed E-state index contributed by atoms with van der Waals surface area (Å²) in [7, 11) is 1.94. The van der Waals surface area contributed by atoms with Gasteiger partial charge < -0.3 is 10.1 Å². The molecule has 0 saturated heterocycles. The molecule has 1 aromatic rings. The Kier molecular flexibility index (Phi) is 7.51. The van der Waals surface area contributed by atoms with Crippen molar-refractivity contribution in [3.63, 3.8) is 0 Å². The predicted octanol–water partition coefficient (Wildman–Crippen LogP) is 4.46. The minimum atomic E-state index is 0.730. The summed E-state index contributed by atoms with van der Waals surface area (Å²) < 4.78 is 5.84. The molecule has 2 nitrogen and oxygen atoms in total. The van der Waals surface area contributed by atoms with Crippen LogP contribution in [0.1, 0.15) is 45.1 Å². The van der Waals surface area contributed by atoms with Gasteiger partial charge in [0.25, 0.3) is 0 Å². The fourth-order valence-electron chi connectivity index (χ4n) is 2.24. The first-order chi connectivity index (χ1) is 8.80. The van der Waals surface area contributed by atoms with Crippen molar-refractivity contribution < 1.29 is 4.74 Å². The van der Waals surface area contributed by atoms with E-state index in [0.717, 1.165) is 24.8 Å². The zero-order valence-electron chi connectivity index (χ0n) is 12.0. The summed E-state index contributed by atoms with van der Waals surface area (Å²) in [6, 6.07) is 8.43. The van der Waals surface area contributed by atoms with Crippen LogP contribution < -0.4 is 5.32 Å². The molecule has 0 fully saturated rings. The van der Waals surface area contributed by atoms with E-state index in [2.05, 4.69) is 43.4 Å². The van der Waals surface area contributed by atoms with Gasteiger partial charge in [-0.05, 0) is 36.5 Å².